The van der Waals surface area contributed by atoms with Crippen LogP contribution in [-0.2, 0) is 6.42 Å². The van der Waals surface area contributed by atoms with Gasteiger partial charge in [0.05, 0.1) is 6.04 Å². The first-order chi connectivity index (χ1) is 9.80. The van der Waals surface area contributed by atoms with Crippen LogP contribution >= 0.6 is 11.3 Å². The van der Waals surface area contributed by atoms with Gasteiger partial charge in [0.25, 0.3) is 0 Å². The molecule has 112 valence electrons. The lowest BCUT2D eigenvalue weighted by molar-refractivity contribution is 0.330. The van der Waals surface area contributed by atoms with Crippen molar-refractivity contribution in [2.45, 2.75) is 64.8 Å². The van der Waals surface area contributed by atoms with E-state index >= 15 is 0 Å². The van der Waals surface area contributed by atoms with Gasteiger partial charge in [-0.15, -0.1) is 10.2 Å². The predicted octanol–water partition coefficient (Wildman–Crippen LogP) is 3.97. The largest absolute Gasteiger partial charge is 0.308 e. The van der Waals surface area contributed by atoms with Crippen molar-refractivity contribution in [1.82, 2.24) is 15.5 Å². The quantitative estimate of drug-likeness (QED) is 0.826. The molecule has 1 aromatic rings. The molecule has 2 aliphatic rings. The first-order valence-corrected chi connectivity index (χ1v) is 9.17. The van der Waals surface area contributed by atoms with Gasteiger partial charge in [0, 0.05) is 6.42 Å². The highest BCUT2D eigenvalue weighted by Gasteiger charge is 2.39. The van der Waals surface area contributed by atoms with Gasteiger partial charge in [0.15, 0.2) is 0 Å². The van der Waals surface area contributed by atoms with E-state index < -0.39 is 0 Å². The van der Waals surface area contributed by atoms with Crippen molar-refractivity contribution >= 4 is 11.3 Å². The highest BCUT2D eigenvalue weighted by atomic mass is 32.1. The molecule has 1 aromatic heterocycles. The van der Waals surface area contributed by atoms with E-state index in [1.54, 1.807) is 0 Å². The van der Waals surface area contributed by atoms with Crippen LogP contribution < -0.4 is 5.32 Å². The maximum atomic E-state index is 4.47. The molecule has 3 rings (SSSR count). The topological polar surface area (TPSA) is 37.8 Å². The fourth-order valence-electron chi connectivity index (χ4n) is 4.07. The van der Waals surface area contributed by atoms with Gasteiger partial charge in [-0.3, -0.25) is 0 Å². The molecule has 0 spiro atoms. The van der Waals surface area contributed by atoms with Gasteiger partial charge in [-0.2, -0.15) is 0 Å². The maximum absolute atomic E-state index is 4.47. The molecular weight excluding hydrogens is 266 g/mol. The molecule has 20 heavy (non-hydrogen) atoms. The standard InChI is InChI=1S/C16H27N3S/c1-3-7-17-14(4-2)16-19-18-15(20-16)10-13-9-11-5-6-12(13)8-11/h11-14,17H,3-10H2,1-2H3. The molecule has 0 radical (unpaired) electrons. The van der Waals surface area contributed by atoms with E-state index in [-0.39, 0.29) is 0 Å². The summed E-state index contributed by atoms with van der Waals surface area (Å²) in [5.41, 5.74) is 0. The van der Waals surface area contributed by atoms with Crippen molar-refractivity contribution in [1.29, 1.82) is 0 Å². The van der Waals surface area contributed by atoms with Crippen molar-refractivity contribution < 1.29 is 0 Å². The first kappa shape index (κ1) is 14.5. The molecule has 2 fully saturated rings. The van der Waals surface area contributed by atoms with Crippen molar-refractivity contribution in [2.24, 2.45) is 17.8 Å². The van der Waals surface area contributed by atoms with E-state index in [1.807, 2.05) is 11.3 Å². The summed E-state index contributed by atoms with van der Waals surface area (Å²) in [5.74, 6) is 2.93. The zero-order valence-corrected chi connectivity index (χ0v) is 13.6. The summed E-state index contributed by atoms with van der Waals surface area (Å²) in [6.45, 7) is 5.50. The molecule has 0 aromatic carbocycles. The van der Waals surface area contributed by atoms with Crippen molar-refractivity contribution in [3.63, 3.8) is 0 Å². The van der Waals surface area contributed by atoms with E-state index in [1.165, 1.54) is 48.5 Å². The molecule has 4 heteroatoms. The fraction of sp³-hybridized carbons (Fsp3) is 0.875. The molecule has 1 N–H and O–H groups in total. The first-order valence-electron chi connectivity index (χ1n) is 8.35. The number of nitrogens with zero attached hydrogens (tertiary/aromatic N) is 2. The van der Waals surface area contributed by atoms with E-state index in [4.69, 9.17) is 0 Å². The summed E-state index contributed by atoms with van der Waals surface area (Å²) in [4.78, 5) is 0. The minimum Gasteiger partial charge on any atom is -0.308 e. The van der Waals surface area contributed by atoms with Crippen LogP contribution in [0, 0.1) is 17.8 Å². The second kappa shape index (κ2) is 6.52. The molecular formula is C16H27N3S. The van der Waals surface area contributed by atoms with Gasteiger partial charge in [0.2, 0.25) is 0 Å². The summed E-state index contributed by atoms with van der Waals surface area (Å²) in [6.07, 6.45) is 9.36. The van der Waals surface area contributed by atoms with Crippen LogP contribution in [0.25, 0.3) is 0 Å². The molecule has 4 atom stereocenters. The van der Waals surface area contributed by atoms with Crippen LogP contribution in [0.3, 0.4) is 0 Å². The third-order valence-corrected chi connectivity index (χ3v) is 6.21. The number of fused-ring (bicyclic) bond motifs is 2. The number of aromatic nitrogens is 2. The molecule has 0 amide bonds. The number of rotatable bonds is 7. The van der Waals surface area contributed by atoms with Crippen LogP contribution in [0.5, 0.6) is 0 Å². The molecule has 2 bridgehead atoms. The lowest BCUT2D eigenvalue weighted by atomic mass is 9.87. The van der Waals surface area contributed by atoms with Gasteiger partial charge < -0.3 is 5.32 Å². The van der Waals surface area contributed by atoms with Crippen LogP contribution in [-0.4, -0.2) is 16.7 Å². The van der Waals surface area contributed by atoms with E-state index in [0.29, 0.717) is 6.04 Å². The molecule has 2 saturated carbocycles. The Hall–Kier alpha value is -0.480. The Kier molecular flexibility index (Phi) is 4.72. The summed E-state index contributed by atoms with van der Waals surface area (Å²) in [7, 11) is 0. The number of hydrogen-bond donors (Lipinski definition) is 1. The van der Waals surface area contributed by atoms with Crippen LogP contribution in [0.15, 0.2) is 0 Å². The summed E-state index contributed by atoms with van der Waals surface area (Å²) in [5, 5.41) is 15.0. The molecule has 1 heterocycles. The molecule has 2 aliphatic carbocycles. The highest BCUT2D eigenvalue weighted by Crippen LogP contribution is 2.49. The maximum Gasteiger partial charge on any atom is 0.134 e. The lowest BCUT2D eigenvalue weighted by Crippen LogP contribution is -2.21. The van der Waals surface area contributed by atoms with E-state index in [0.717, 1.165) is 30.7 Å². The third-order valence-electron chi connectivity index (χ3n) is 5.15. The Balaban J connectivity index is 1.58. The predicted molar refractivity (Wildman–Crippen MR) is 83.9 cm³/mol. The van der Waals surface area contributed by atoms with E-state index in [9.17, 15) is 0 Å². The fourth-order valence-corrected chi connectivity index (χ4v) is 5.16. The minimum atomic E-state index is 0.404. The van der Waals surface area contributed by atoms with Crippen molar-refractivity contribution in [2.75, 3.05) is 6.54 Å². The Labute approximate surface area is 126 Å². The third kappa shape index (κ3) is 3.06. The van der Waals surface area contributed by atoms with Crippen LogP contribution in [0.2, 0.25) is 0 Å². The highest BCUT2D eigenvalue weighted by molar-refractivity contribution is 7.11. The van der Waals surface area contributed by atoms with E-state index in [2.05, 4.69) is 29.4 Å². The lowest BCUT2D eigenvalue weighted by Gasteiger charge is -2.19. The zero-order chi connectivity index (χ0) is 13.9. The molecule has 4 unspecified atom stereocenters. The summed E-state index contributed by atoms with van der Waals surface area (Å²) >= 11 is 1.85. The molecule has 3 nitrogen and oxygen atoms in total. The minimum absolute atomic E-state index is 0.404. The van der Waals surface area contributed by atoms with Crippen LogP contribution in [0.1, 0.15) is 68.4 Å². The average molecular weight is 293 g/mol. The molecule has 0 saturated heterocycles. The summed E-state index contributed by atoms with van der Waals surface area (Å²) < 4.78 is 0. The normalized spacial score (nSPS) is 30.0. The Morgan fingerprint density at radius 2 is 2.15 bits per heavy atom. The smallest absolute Gasteiger partial charge is 0.134 e. The van der Waals surface area contributed by atoms with Gasteiger partial charge in [-0.1, -0.05) is 31.6 Å². The van der Waals surface area contributed by atoms with Crippen molar-refractivity contribution in [3.8, 4) is 0 Å². The van der Waals surface area contributed by atoms with Crippen molar-refractivity contribution in [3.05, 3.63) is 10.0 Å². The molecule has 0 aliphatic heterocycles. The van der Waals surface area contributed by atoms with Gasteiger partial charge in [0.1, 0.15) is 10.0 Å². The van der Waals surface area contributed by atoms with Gasteiger partial charge in [-0.05, 0) is 56.4 Å². The zero-order valence-electron chi connectivity index (χ0n) is 12.8. The van der Waals surface area contributed by atoms with Gasteiger partial charge in [-0.25, -0.2) is 0 Å². The van der Waals surface area contributed by atoms with Crippen LogP contribution in [0.4, 0.5) is 0 Å². The number of nitrogens with one attached hydrogen (secondary N) is 1. The Morgan fingerprint density at radius 1 is 1.25 bits per heavy atom. The Morgan fingerprint density at radius 3 is 2.80 bits per heavy atom. The second-order valence-electron chi connectivity index (χ2n) is 6.59. The summed E-state index contributed by atoms with van der Waals surface area (Å²) in [6, 6.07) is 0.404. The Bertz CT molecular complexity index is 431. The monoisotopic (exact) mass is 293 g/mol. The number of hydrogen-bond acceptors (Lipinski definition) is 4. The second-order valence-corrected chi connectivity index (χ2v) is 7.68. The SMILES string of the molecule is CCCNC(CC)c1nnc(CC2CC3CCC2C3)s1. The van der Waals surface area contributed by atoms with Gasteiger partial charge >= 0.3 is 0 Å². The average Bonchev–Trinajstić information content (AvgIpc) is 3.16.